The summed E-state index contributed by atoms with van der Waals surface area (Å²) in [4.78, 5) is 29.4. The number of piperazine rings is 1. The van der Waals surface area contributed by atoms with E-state index >= 15 is 0 Å². The SMILES string of the molecule is COCCCN=C(Nc1cccc(C(=O)O)c1)N1CCN(c2cccc(Cl)c2)CC1.O=C(O)C(F)(F)F. The number of methoxy groups -OCH3 is 1. The number of benzene rings is 2. The molecule has 9 nitrogen and oxygen atoms in total. The fraction of sp³-hybridized carbons (Fsp3) is 0.375. The quantitative estimate of drug-likeness (QED) is 0.268. The second-order valence-corrected chi connectivity index (χ2v) is 8.26. The summed E-state index contributed by atoms with van der Waals surface area (Å²) in [7, 11) is 1.68. The molecule has 2 aromatic carbocycles. The molecule has 1 heterocycles. The first-order chi connectivity index (χ1) is 17.5. The van der Waals surface area contributed by atoms with Crippen molar-refractivity contribution >= 4 is 40.9 Å². The first-order valence-corrected chi connectivity index (χ1v) is 11.6. The number of hydrogen-bond donors (Lipinski definition) is 3. The number of carbonyl (C=O) groups is 2. The summed E-state index contributed by atoms with van der Waals surface area (Å²) in [6, 6.07) is 14.7. The number of nitrogens with one attached hydrogen (secondary N) is 1. The Bertz CT molecular complexity index is 1080. The van der Waals surface area contributed by atoms with E-state index in [1.165, 1.54) is 0 Å². The maximum absolute atomic E-state index is 11.3. The van der Waals surface area contributed by atoms with Crippen LogP contribution in [0.4, 0.5) is 24.5 Å². The summed E-state index contributed by atoms with van der Waals surface area (Å²) in [5, 5.41) is 20.4. The summed E-state index contributed by atoms with van der Waals surface area (Å²) < 4.78 is 36.9. The van der Waals surface area contributed by atoms with Crippen LogP contribution in [-0.4, -0.2) is 85.6 Å². The molecule has 1 saturated heterocycles. The van der Waals surface area contributed by atoms with Gasteiger partial charge in [-0.15, -0.1) is 0 Å². The number of aliphatic imine (C=N–C) groups is 1. The third kappa shape index (κ3) is 10.2. The Hall–Kier alpha value is -3.51. The van der Waals surface area contributed by atoms with Crippen molar-refractivity contribution in [2.45, 2.75) is 12.6 Å². The number of carboxylic acid groups (broad SMARTS) is 2. The highest BCUT2D eigenvalue weighted by Crippen LogP contribution is 2.21. The van der Waals surface area contributed by atoms with Crippen molar-refractivity contribution in [2.75, 3.05) is 56.7 Å². The molecule has 0 aromatic heterocycles. The molecule has 1 fully saturated rings. The van der Waals surface area contributed by atoms with E-state index in [2.05, 4.69) is 21.2 Å². The molecular formula is C24H28ClF3N4O5. The number of ether oxygens (including phenoxy) is 1. The van der Waals surface area contributed by atoms with E-state index in [1.54, 1.807) is 25.3 Å². The van der Waals surface area contributed by atoms with Crippen LogP contribution in [0.25, 0.3) is 0 Å². The van der Waals surface area contributed by atoms with Crippen LogP contribution in [0.15, 0.2) is 53.5 Å². The van der Waals surface area contributed by atoms with Gasteiger partial charge in [-0.2, -0.15) is 13.2 Å². The molecule has 0 radical (unpaired) electrons. The average molecular weight is 545 g/mol. The van der Waals surface area contributed by atoms with Crippen molar-refractivity contribution in [3.63, 3.8) is 0 Å². The molecule has 1 aliphatic rings. The number of aliphatic carboxylic acids is 1. The van der Waals surface area contributed by atoms with E-state index in [-0.39, 0.29) is 5.56 Å². The topological polar surface area (TPSA) is 115 Å². The van der Waals surface area contributed by atoms with Gasteiger partial charge in [0.05, 0.1) is 5.56 Å². The van der Waals surface area contributed by atoms with Crippen LogP contribution in [-0.2, 0) is 9.53 Å². The molecule has 13 heteroatoms. The Morgan fingerprint density at radius 2 is 1.73 bits per heavy atom. The molecule has 37 heavy (non-hydrogen) atoms. The fourth-order valence-electron chi connectivity index (χ4n) is 3.32. The van der Waals surface area contributed by atoms with Gasteiger partial charge in [0, 0.05) is 62.8 Å². The van der Waals surface area contributed by atoms with Gasteiger partial charge in [-0.3, -0.25) is 4.99 Å². The van der Waals surface area contributed by atoms with Crippen LogP contribution in [0.2, 0.25) is 5.02 Å². The molecule has 3 N–H and O–H groups in total. The van der Waals surface area contributed by atoms with Gasteiger partial charge in [0.15, 0.2) is 5.96 Å². The molecule has 0 saturated carbocycles. The zero-order valence-electron chi connectivity index (χ0n) is 20.0. The van der Waals surface area contributed by atoms with E-state index < -0.39 is 18.1 Å². The minimum atomic E-state index is -5.08. The maximum Gasteiger partial charge on any atom is 0.490 e. The lowest BCUT2D eigenvalue weighted by Crippen LogP contribution is -2.50. The smallest absolute Gasteiger partial charge is 0.478 e. The van der Waals surface area contributed by atoms with E-state index in [1.807, 2.05) is 24.3 Å². The summed E-state index contributed by atoms with van der Waals surface area (Å²) in [5.41, 5.74) is 2.06. The highest BCUT2D eigenvalue weighted by Gasteiger charge is 2.38. The van der Waals surface area contributed by atoms with E-state index in [0.717, 1.165) is 49.3 Å². The highest BCUT2D eigenvalue weighted by molar-refractivity contribution is 6.30. The molecule has 0 atom stereocenters. The molecule has 0 unspecified atom stereocenters. The van der Waals surface area contributed by atoms with Crippen molar-refractivity contribution in [1.29, 1.82) is 0 Å². The number of alkyl halides is 3. The number of carboxylic acids is 2. The Balaban J connectivity index is 0.000000604. The summed E-state index contributed by atoms with van der Waals surface area (Å²) in [6.45, 7) is 4.54. The molecule has 1 aliphatic heterocycles. The molecule has 202 valence electrons. The third-order valence-corrected chi connectivity index (χ3v) is 5.36. The number of aromatic carboxylic acids is 1. The molecule has 0 amide bonds. The predicted octanol–water partition coefficient (Wildman–Crippen LogP) is 4.30. The normalized spacial score (nSPS) is 14.0. The standard InChI is InChI=1S/C22H27ClN4O3.C2HF3O2/c1-30-14-4-9-24-22(25-19-7-2-5-17(15-19)21(28)29)27-12-10-26(11-13-27)20-8-3-6-18(23)16-20;3-2(4,5)1(6)7/h2-3,5-8,15-16H,4,9-14H2,1H3,(H,24,25)(H,28,29);(H,6,7). The molecular weight excluding hydrogens is 517 g/mol. The average Bonchev–Trinajstić information content (AvgIpc) is 2.86. The van der Waals surface area contributed by atoms with Crippen molar-refractivity contribution in [2.24, 2.45) is 4.99 Å². The van der Waals surface area contributed by atoms with Gasteiger partial charge >= 0.3 is 18.1 Å². The summed E-state index contributed by atoms with van der Waals surface area (Å²) in [6.07, 6.45) is -4.26. The lowest BCUT2D eigenvalue weighted by molar-refractivity contribution is -0.192. The Kier molecular flexibility index (Phi) is 11.5. The zero-order chi connectivity index (χ0) is 27.4. The Morgan fingerprint density at radius 3 is 2.30 bits per heavy atom. The fourth-order valence-corrected chi connectivity index (χ4v) is 3.51. The number of rotatable bonds is 7. The second kappa shape index (κ2) is 14.3. The minimum Gasteiger partial charge on any atom is -0.478 e. The molecule has 0 aliphatic carbocycles. The van der Waals surface area contributed by atoms with Crippen LogP contribution in [0.1, 0.15) is 16.8 Å². The van der Waals surface area contributed by atoms with Gasteiger partial charge in [-0.05, 0) is 42.8 Å². The van der Waals surface area contributed by atoms with E-state index in [0.29, 0.717) is 18.8 Å². The first-order valence-electron chi connectivity index (χ1n) is 11.2. The summed E-state index contributed by atoms with van der Waals surface area (Å²) >= 11 is 6.13. The largest absolute Gasteiger partial charge is 0.490 e. The molecule has 0 spiro atoms. The van der Waals surface area contributed by atoms with Crippen LogP contribution in [0.5, 0.6) is 0 Å². The minimum absolute atomic E-state index is 0.240. The number of nitrogens with zero attached hydrogens (tertiary/aromatic N) is 3. The van der Waals surface area contributed by atoms with Crippen molar-refractivity contribution in [1.82, 2.24) is 4.90 Å². The number of halogens is 4. The third-order valence-electron chi connectivity index (χ3n) is 5.13. The van der Waals surface area contributed by atoms with Gasteiger partial charge in [0.25, 0.3) is 0 Å². The van der Waals surface area contributed by atoms with Crippen LogP contribution < -0.4 is 10.2 Å². The first kappa shape index (κ1) is 29.7. The van der Waals surface area contributed by atoms with Crippen molar-refractivity contribution in [3.8, 4) is 0 Å². The van der Waals surface area contributed by atoms with E-state index in [9.17, 15) is 23.1 Å². The van der Waals surface area contributed by atoms with Crippen LogP contribution in [0.3, 0.4) is 0 Å². The van der Waals surface area contributed by atoms with Gasteiger partial charge in [-0.25, -0.2) is 9.59 Å². The van der Waals surface area contributed by atoms with Gasteiger partial charge in [0.2, 0.25) is 0 Å². The maximum atomic E-state index is 11.3. The molecule has 3 rings (SSSR count). The Morgan fingerprint density at radius 1 is 1.08 bits per heavy atom. The highest BCUT2D eigenvalue weighted by atomic mass is 35.5. The molecule has 0 bridgehead atoms. The number of hydrogen-bond acceptors (Lipinski definition) is 5. The summed E-state index contributed by atoms with van der Waals surface area (Å²) in [5.74, 6) is -2.96. The lowest BCUT2D eigenvalue weighted by Gasteiger charge is -2.37. The van der Waals surface area contributed by atoms with Gasteiger partial charge in [-0.1, -0.05) is 23.7 Å². The second-order valence-electron chi connectivity index (χ2n) is 7.82. The van der Waals surface area contributed by atoms with Gasteiger partial charge < -0.3 is 30.1 Å². The lowest BCUT2D eigenvalue weighted by atomic mass is 10.2. The van der Waals surface area contributed by atoms with Gasteiger partial charge in [0.1, 0.15) is 0 Å². The van der Waals surface area contributed by atoms with E-state index in [4.69, 9.17) is 31.2 Å². The van der Waals surface area contributed by atoms with Crippen molar-refractivity contribution < 1.29 is 37.7 Å². The number of anilines is 2. The zero-order valence-corrected chi connectivity index (χ0v) is 20.8. The van der Waals surface area contributed by atoms with Crippen LogP contribution in [0, 0.1) is 0 Å². The monoisotopic (exact) mass is 544 g/mol. The van der Waals surface area contributed by atoms with Crippen LogP contribution >= 0.6 is 11.6 Å². The molecule has 2 aromatic rings. The van der Waals surface area contributed by atoms with Crippen molar-refractivity contribution in [3.05, 3.63) is 59.1 Å². The Labute approximate surface area is 217 Å². The predicted molar refractivity (Wildman–Crippen MR) is 135 cm³/mol. The number of guanidine groups is 1.